The van der Waals surface area contributed by atoms with E-state index in [1.165, 1.54) is 5.69 Å². The van der Waals surface area contributed by atoms with Gasteiger partial charge in [0.05, 0.1) is 0 Å². The number of hydrogen-bond donors (Lipinski definition) is 2. The Morgan fingerprint density at radius 3 is 2.50 bits per heavy atom. The summed E-state index contributed by atoms with van der Waals surface area (Å²) in [5.41, 5.74) is 1.21. The molecule has 6 nitrogen and oxygen atoms in total. The Morgan fingerprint density at radius 2 is 2.33 bits per heavy atom. The van der Waals surface area contributed by atoms with Crippen molar-refractivity contribution in [3.63, 3.8) is 0 Å². The molecule has 68 valence electrons. The Morgan fingerprint density at radius 1 is 1.83 bits per heavy atom. The molecule has 0 amide bonds. The van der Waals surface area contributed by atoms with E-state index < -0.39 is 5.09 Å². The number of H-pyrrole nitrogens is 1. The van der Waals surface area contributed by atoms with Crippen molar-refractivity contribution in [3.05, 3.63) is 27.8 Å². The maximum Gasteiger partial charge on any atom is 0.291 e. The standard InChI is InChI=1S/C6H10N2.HNO3/c1-3-6-4-7-5(2)8-6;2-1(3)4/h4H,3H2,1-2H3,(H,7,8);(H,2,3,4). The average Bonchev–Trinajstić information content (AvgIpc) is 2.34. The molecule has 2 N–H and O–H groups in total. The zero-order chi connectivity index (χ0) is 9.56. The van der Waals surface area contributed by atoms with Crippen LogP contribution in [0.15, 0.2) is 6.20 Å². The second-order valence-corrected chi connectivity index (χ2v) is 2.09. The fraction of sp³-hybridized carbons (Fsp3) is 0.500. The Balaban J connectivity index is 0.000000261. The van der Waals surface area contributed by atoms with E-state index in [0.717, 1.165) is 12.2 Å². The summed E-state index contributed by atoms with van der Waals surface area (Å²) < 4.78 is 0. The van der Waals surface area contributed by atoms with Gasteiger partial charge in [0, 0.05) is 11.9 Å². The van der Waals surface area contributed by atoms with Crippen LogP contribution in [0.2, 0.25) is 0 Å². The summed E-state index contributed by atoms with van der Waals surface area (Å²) in [6.07, 6.45) is 2.91. The topological polar surface area (TPSA) is 92.0 Å². The second kappa shape index (κ2) is 5.11. The summed E-state index contributed by atoms with van der Waals surface area (Å²) in [4.78, 5) is 15.5. The van der Waals surface area contributed by atoms with Crippen molar-refractivity contribution in [1.82, 2.24) is 9.97 Å². The molecule has 0 saturated carbocycles. The van der Waals surface area contributed by atoms with Gasteiger partial charge in [-0.3, -0.25) is 0 Å². The molecule has 0 fully saturated rings. The zero-order valence-corrected chi connectivity index (χ0v) is 6.94. The maximum absolute atomic E-state index is 8.36. The predicted octanol–water partition coefficient (Wildman–Crippen LogP) is 0.933. The summed E-state index contributed by atoms with van der Waals surface area (Å²) in [5.74, 6) is 1.00. The van der Waals surface area contributed by atoms with Gasteiger partial charge < -0.3 is 10.2 Å². The number of nitrogens with one attached hydrogen (secondary N) is 1. The first kappa shape index (κ1) is 10.4. The second-order valence-electron chi connectivity index (χ2n) is 2.09. The normalized spacial score (nSPS) is 8.50. The van der Waals surface area contributed by atoms with Crippen LogP contribution in [0.5, 0.6) is 0 Å². The van der Waals surface area contributed by atoms with Crippen molar-refractivity contribution in [2.24, 2.45) is 0 Å². The van der Waals surface area contributed by atoms with Gasteiger partial charge in [0.15, 0.2) is 0 Å². The number of aromatic amines is 1. The number of nitrogens with zero attached hydrogens (tertiary/aromatic N) is 2. The highest BCUT2D eigenvalue weighted by Crippen LogP contribution is 1.94. The third kappa shape index (κ3) is 5.21. The molecule has 0 aromatic carbocycles. The minimum Gasteiger partial charge on any atom is -0.346 e. The van der Waals surface area contributed by atoms with Crippen LogP contribution in [0.4, 0.5) is 0 Å². The van der Waals surface area contributed by atoms with E-state index in [0.29, 0.717) is 0 Å². The van der Waals surface area contributed by atoms with Gasteiger partial charge in [-0.25, -0.2) is 4.98 Å². The van der Waals surface area contributed by atoms with Crippen molar-refractivity contribution in [2.45, 2.75) is 20.3 Å². The highest BCUT2D eigenvalue weighted by Gasteiger charge is 1.89. The Kier molecular flexibility index (Phi) is 4.43. The van der Waals surface area contributed by atoms with Gasteiger partial charge in [-0.2, -0.15) is 0 Å². The molecule has 0 unspecified atom stereocenters. The molecule has 0 spiro atoms. The Bertz CT molecular complexity index is 242. The molecule has 6 heteroatoms. The molecule has 1 rings (SSSR count). The molecule has 0 bridgehead atoms. The molecule has 1 aromatic heterocycles. The van der Waals surface area contributed by atoms with Crippen molar-refractivity contribution in [3.8, 4) is 0 Å². The molecule has 0 saturated heterocycles. The fourth-order valence-electron chi connectivity index (χ4n) is 0.651. The molecule has 1 aromatic rings. The lowest BCUT2D eigenvalue weighted by Crippen LogP contribution is -1.81. The SMILES string of the molecule is CCc1cnc(C)[nH]1.O=[N+]([O-])O. The molecular weight excluding hydrogens is 162 g/mol. The van der Waals surface area contributed by atoms with Gasteiger partial charge in [-0.15, -0.1) is 10.1 Å². The smallest absolute Gasteiger partial charge is 0.291 e. The summed E-state index contributed by atoms with van der Waals surface area (Å²) in [6.45, 7) is 4.06. The summed E-state index contributed by atoms with van der Waals surface area (Å²) in [5, 5.41) is 13.6. The quantitative estimate of drug-likeness (QED) is 0.488. The number of rotatable bonds is 1. The highest BCUT2D eigenvalue weighted by atomic mass is 16.9. The van der Waals surface area contributed by atoms with Gasteiger partial charge in [-0.05, 0) is 13.3 Å². The van der Waals surface area contributed by atoms with E-state index in [9.17, 15) is 0 Å². The van der Waals surface area contributed by atoms with E-state index >= 15 is 0 Å². The zero-order valence-electron chi connectivity index (χ0n) is 6.94. The van der Waals surface area contributed by atoms with Gasteiger partial charge in [-0.1, -0.05) is 6.92 Å². The molecule has 0 radical (unpaired) electrons. The van der Waals surface area contributed by atoms with Crippen LogP contribution in [0.3, 0.4) is 0 Å². The van der Waals surface area contributed by atoms with E-state index in [-0.39, 0.29) is 0 Å². The number of aryl methyl sites for hydroxylation is 2. The minimum absolute atomic E-state index is 1.00. The van der Waals surface area contributed by atoms with Crippen LogP contribution >= 0.6 is 0 Å². The highest BCUT2D eigenvalue weighted by molar-refractivity contribution is 4.98. The summed E-state index contributed by atoms with van der Waals surface area (Å²) in [6, 6.07) is 0. The lowest BCUT2D eigenvalue weighted by molar-refractivity contribution is -0.742. The third-order valence-electron chi connectivity index (χ3n) is 1.14. The lowest BCUT2D eigenvalue weighted by atomic mass is 10.4. The molecular formula is C6H11N3O3. The monoisotopic (exact) mass is 173 g/mol. The van der Waals surface area contributed by atoms with Crippen LogP contribution in [-0.2, 0) is 6.42 Å². The van der Waals surface area contributed by atoms with Gasteiger partial charge in [0.25, 0.3) is 5.09 Å². The molecule has 0 aliphatic heterocycles. The Labute approximate surface area is 69.4 Å². The van der Waals surface area contributed by atoms with E-state index in [1.807, 2.05) is 13.1 Å². The van der Waals surface area contributed by atoms with Crippen LogP contribution < -0.4 is 0 Å². The van der Waals surface area contributed by atoms with Gasteiger partial charge in [0.1, 0.15) is 5.82 Å². The first-order valence-electron chi connectivity index (χ1n) is 3.40. The van der Waals surface area contributed by atoms with E-state index in [4.69, 9.17) is 15.3 Å². The molecule has 1 heterocycles. The van der Waals surface area contributed by atoms with Gasteiger partial charge >= 0.3 is 0 Å². The van der Waals surface area contributed by atoms with Crippen molar-refractivity contribution in [1.29, 1.82) is 0 Å². The van der Waals surface area contributed by atoms with Crippen molar-refractivity contribution >= 4 is 0 Å². The fourth-order valence-corrected chi connectivity index (χ4v) is 0.651. The maximum atomic E-state index is 8.36. The molecule has 0 aliphatic carbocycles. The van der Waals surface area contributed by atoms with Crippen LogP contribution in [0.25, 0.3) is 0 Å². The van der Waals surface area contributed by atoms with Crippen LogP contribution in [0, 0.1) is 17.0 Å². The lowest BCUT2D eigenvalue weighted by Gasteiger charge is -1.82. The van der Waals surface area contributed by atoms with Gasteiger partial charge in [0.2, 0.25) is 0 Å². The van der Waals surface area contributed by atoms with Crippen molar-refractivity contribution < 1.29 is 10.3 Å². The van der Waals surface area contributed by atoms with Crippen LogP contribution in [-0.4, -0.2) is 20.3 Å². The molecule has 0 aliphatic rings. The first-order chi connectivity index (χ1) is 5.56. The predicted molar refractivity (Wildman–Crippen MR) is 41.5 cm³/mol. The molecule has 0 atom stereocenters. The number of hydrogen-bond acceptors (Lipinski definition) is 3. The van der Waals surface area contributed by atoms with Crippen LogP contribution in [0.1, 0.15) is 18.4 Å². The van der Waals surface area contributed by atoms with Crippen molar-refractivity contribution in [2.75, 3.05) is 0 Å². The third-order valence-corrected chi connectivity index (χ3v) is 1.14. The Hall–Kier alpha value is -1.59. The average molecular weight is 173 g/mol. The minimum atomic E-state index is -1.50. The van der Waals surface area contributed by atoms with E-state index in [2.05, 4.69) is 16.9 Å². The number of aromatic nitrogens is 2. The van der Waals surface area contributed by atoms with E-state index in [1.54, 1.807) is 0 Å². The summed E-state index contributed by atoms with van der Waals surface area (Å²) >= 11 is 0. The number of imidazole rings is 1. The first-order valence-corrected chi connectivity index (χ1v) is 3.40. The largest absolute Gasteiger partial charge is 0.346 e. The summed E-state index contributed by atoms with van der Waals surface area (Å²) in [7, 11) is 0. The molecule has 12 heavy (non-hydrogen) atoms.